The summed E-state index contributed by atoms with van der Waals surface area (Å²) in [7, 11) is 0. The molecule has 0 spiro atoms. The van der Waals surface area contributed by atoms with Gasteiger partial charge >= 0.3 is 0 Å². The van der Waals surface area contributed by atoms with Crippen molar-refractivity contribution in [3.05, 3.63) is 59.3 Å². The lowest BCUT2D eigenvalue weighted by Crippen LogP contribution is -2.23. The molecule has 0 saturated carbocycles. The standard InChI is InChI=1S/C25H25N3OS/c1-2-29-23-11-8-17(14-18(23)15-26)25-27-16-24(30-25)21-7-5-6-20-19(21)9-10-22(20)28-12-3-4-13-28/h5-8,11,14,16,22H,2-4,9-10,12-13H2,1H3. The molecule has 2 aromatic carbocycles. The summed E-state index contributed by atoms with van der Waals surface area (Å²) in [6.07, 6.45) is 7.01. The highest BCUT2D eigenvalue weighted by molar-refractivity contribution is 7.18. The minimum absolute atomic E-state index is 0.549. The summed E-state index contributed by atoms with van der Waals surface area (Å²) >= 11 is 1.70. The van der Waals surface area contributed by atoms with Gasteiger partial charge in [-0.25, -0.2) is 4.98 Å². The Labute approximate surface area is 181 Å². The summed E-state index contributed by atoms with van der Waals surface area (Å²) in [5.74, 6) is 0.634. The number of likely N-dealkylation sites (tertiary alicyclic amines) is 1. The van der Waals surface area contributed by atoms with Gasteiger partial charge in [-0.2, -0.15) is 5.26 Å². The molecule has 5 rings (SSSR count). The van der Waals surface area contributed by atoms with Crippen molar-refractivity contribution in [1.82, 2.24) is 9.88 Å². The number of hydrogen-bond acceptors (Lipinski definition) is 5. The second kappa shape index (κ2) is 8.22. The van der Waals surface area contributed by atoms with Gasteiger partial charge in [0.1, 0.15) is 16.8 Å². The molecule has 30 heavy (non-hydrogen) atoms. The third-order valence-corrected chi connectivity index (χ3v) is 7.32. The molecular formula is C25H25N3OS. The van der Waals surface area contributed by atoms with Crippen LogP contribution in [0.2, 0.25) is 0 Å². The number of nitriles is 1. The van der Waals surface area contributed by atoms with E-state index in [1.165, 1.54) is 53.9 Å². The normalized spacial score (nSPS) is 18.3. The first-order valence-electron chi connectivity index (χ1n) is 10.8. The summed E-state index contributed by atoms with van der Waals surface area (Å²) in [4.78, 5) is 8.56. The predicted octanol–water partition coefficient (Wildman–Crippen LogP) is 5.83. The maximum atomic E-state index is 9.47. The fourth-order valence-corrected chi connectivity index (χ4v) is 5.82. The van der Waals surface area contributed by atoms with Crippen molar-refractivity contribution >= 4 is 11.3 Å². The first-order valence-corrected chi connectivity index (χ1v) is 11.6. The third kappa shape index (κ3) is 3.40. The Bertz CT molecular complexity index is 1110. The third-order valence-electron chi connectivity index (χ3n) is 6.24. The van der Waals surface area contributed by atoms with Crippen LogP contribution in [0.25, 0.3) is 21.0 Å². The number of nitrogens with zero attached hydrogens (tertiary/aromatic N) is 3. The van der Waals surface area contributed by atoms with Crippen LogP contribution in [0.5, 0.6) is 5.75 Å². The molecule has 1 saturated heterocycles. The number of benzene rings is 2. The van der Waals surface area contributed by atoms with E-state index in [0.717, 1.165) is 17.0 Å². The number of thiazole rings is 1. The molecule has 0 N–H and O–H groups in total. The van der Waals surface area contributed by atoms with Crippen LogP contribution in [0.4, 0.5) is 0 Å². The van der Waals surface area contributed by atoms with Gasteiger partial charge < -0.3 is 4.74 Å². The van der Waals surface area contributed by atoms with Crippen LogP contribution in [0, 0.1) is 11.3 Å². The molecule has 152 valence electrons. The average molecular weight is 416 g/mol. The number of hydrogen-bond donors (Lipinski definition) is 0. The fourth-order valence-electron chi connectivity index (χ4n) is 4.86. The van der Waals surface area contributed by atoms with E-state index in [1.54, 1.807) is 11.3 Å². The molecule has 1 aliphatic carbocycles. The van der Waals surface area contributed by atoms with Crippen LogP contribution >= 0.6 is 11.3 Å². The number of rotatable bonds is 5. The molecule has 1 atom stereocenters. The van der Waals surface area contributed by atoms with Gasteiger partial charge in [-0.05, 0) is 80.6 Å². The Morgan fingerprint density at radius 3 is 2.90 bits per heavy atom. The highest BCUT2D eigenvalue weighted by Gasteiger charge is 2.31. The molecule has 1 fully saturated rings. The molecule has 1 aromatic heterocycles. The molecule has 3 aromatic rings. The van der Waals surface area contributed by atoms with E-state index < -0.39 is 0 Å². The number of aromatic nitrogens is 1. The Hall–Kier alpha value is -2.68. The molecule has 0 radical (unpaired) electrons. The first-order chi connectivity index (χ1) is 14.8. The minimum Gasteiger partial charge on any atom is -0.492 e. The van der Waals surface area contributed by atoms with Crippen LogP contribution in [-0.2, 0) is 6.42 Å². The van der Waals surface area contributed by atoms with Crippen molar-refractivity contribution in [2.45, 2.75) is 38.6 Å². The first kappa shape index (κ1) is 19.3. The van der Waals surface area contributed by atoms with Crippen molar-refractivity contribution in [2.75, 3.05) is 19.7 Å². The predicted molar refractivity (Wildman–Crippen MR) is 121 cm³/mol. The van der Waals surface area contributed by atoms with Crippen LogP contribution in [0.3, 0.4) is 0 Å². The van der Waals surface area contributed by atoms with E-state index in [-0.39, 0.29) is 0 Å². The van der Waals surface area contributed by atoms with Gasteiger partial charge in [-0.15, -0.1) is 11.3 Å². The van der Waals surface area contributed by atoms with Crippen LogP contribution in [0.15, 0.2) is 42.6 Å². The number of fused-ring (bicyclic) bond motifs is 1. The molecule has 2 aliphatic rings. The maximum Gasteiger partial charge on any atom is 0.137 e. The Morgan fingerprint density at radius 1 is 1.23 bits per heavy atom. The van der Waals surface area contributed by atoms with Gasteiger partial charge in [0, 0.05) is 17.8 Å². The van der Waals surface area contributed by atoms with Crippen LogP contribution in [-0.4, -0.2) is 29.6 Å². The van der Waals surface area contributed by atoms with E-state index in [2.05, 4.69) is 29.2 Å². The van der Waals surface area contributed by atoms with Gasteiger partial charge in [0.05, 0.1) is 17.0 Å². The van der Waals surface area contributed by atoms with Crippen molar-refractivity contribution in [3.8, 4) is 32.8 Å². The van der Waals surface area contributed by atoms with E-state index in [9.17, 15) is 5.26 Å². The molecule has 5 heteroatoms. The van der Waals surface area contributed by atoms with Crippen molar-refractivity contribution in [1.29, 1.82) is 5.26 Å². The average Bonchev–Trinajstić information content (AvgIpc) is 3.53. The monoisotopic (exact) mass is 415 g/mol. The van der Waals surface area contributed by atoms with Crippen LogP contribution in [0.1, 0.15) is 48.9 Å². The highest BCUT2D eigenvalue weighted by Crippen LogP contribution is 2.43. The summed E-state index contributed by atoms with van der Waals surface area (Å²) in [5.41, 5.74) is 5.85. The lowest BCUT2D eigenvalue weighted by molar-refractivity contribution is 0.245. The Balaban J connectivity index is 1.46. The maximum absolute atomic E-state index is 9.47. The lowest BCUT2D eigenvalue weighted by atomic mass is 10.0. The second-order valence-corrected chi connectivity index (χ2v) is 8.99. The summed E-state index contributed by atoms with van der Waals surface area (Å²) < 4.78 is 5.55. The second-order valence-electron chi connectivity index (χ2n) is 7.96. The zero-order chi connectivity index (χ0) is 20.5. The topological polar surface area (TPSA) is 49.1 Å². The van der Waals surface area contributed by atoms with E-state index in [1.807, 2.05) is 31.3 Å². The molecular weight excluding hydrogens is 390 g/mol. The van der Waals surface area contributed by atoms with Crippen molar-refractivity contribution in [3.63, 3.8) is 0 Å². The molecule has 1 unspecified atom stereocenters. The summed E-state index contributed by atoms with van der Waals surface area (Å²) in [6.45, 7) is 4.94. The molecule has 1 aliphatic heterocycles. The molecule has 0 amide bonds. The van der Waals surface area contributed by atoms with Gasteiger partial charge in [-0.1, -0.05) is 18.2 Å². The lowest BCUT2D eigenvalue weighted by Gasteiger charge is -2.24. The minimum atomic E-state index is 0.549. The summed E-state index contributed by atoms with van der Waals surface area (Å²) in [6, 6.07) is 15.3. The smallest absolute Gasteiger partial charge is 0.137 e. The number of ether oxygens (including phenoxy) is 1. The van der Waals surface area contributed by atoms with Gasteiger partial charge in [0.2, 0.25) is 0 Å². The van der Waals surface area contributed by atoms with Crippen molar-refractivity contribution < 1.29 is 4.74 Å². The summed E-state index contributed by atoms with van der Waals surface area (Å²) in [5, 5.41) is 10.4. The highest BCUT2D eigenvalue weighted by atomic mass is 32.1. The quantitative estimate of drug-likeness (QED) is 0.526. The SMILES string of the molecule is CCOc1ccc(-c2ncc(-c3cccc4c3CCC4N3CCCC3)s2)cc1C#N. The van der Waals surface area contributed by atoms with E-state index >= 15 is 0 Å². The van der Waals surface area contributed by atoms with Gasteiger partial charge in [0.15, 0.2) is 0 Å². The Kier molecular flexibility index (Phi) is 5.28. The van der Waals surface area contributed by atoms with Gasteiger partial charge in [0.25, 0.3) is 0 Å². The molecule has 4 nitrogen and oxygen atoms in total. The van der Waals surface area contributed by atoms with Gasteiger partial charge in [-0.3, -0.25) is 4.90 Å². The van der Waals surface area contributed by atoms with E-state index in [0.29, 0.717) is 24.0 Å². The Morgan fingerprint density at radius 2 is 2.10 bits per heavy atom. The van der Waals surface area contributed by atoms with E-state index in [4.69, 9.17) is 9.72 Å². The molecule has 0 bridgehead atoms. The van der Waals surface area contributed by atoms with Crippen molar-refractivity contribution in [2.24, 2.45) is 0 Å². The van der Waals surface area contributed by atoms with Crippen LogP contribution < -0.4 is 4.74 Å². The fraction of sp³-hybridized carbons (Fsp3) is 0.360. The largest absolute Gasteiger partial charge is 0.492 e. The zero-order valence-corrected chi connectivity index (χ0v) is 18.0. The molecule has 2 heterocycles. The zero-order valence-electron chi connectivity index (χ0n) is 17.2.